The minimum absolute atomic E-state index is 0.0594. The predicted molar refractivity (Wildman–Crippen MR) is 135 cm³/mol. The van der Waals surface area contributed by atoms with E-state index in [1.165, 1.54) is 12.1 Å². The van der Waals surface area contributed by atoms with Gasteiger partial charge in [-0.1, -0.05) is 26.0 Å². The van der Waals surface area contributed by atoms with E-state index < -0.39 is 17.9 Å². The van der Waals surface area contributed by atoms with Crippen molar-refractivity contribution in [2.75, 3.05) is 0 Å². The van der Waals surface area contributed by atoms with Crippen molar-refractivity contribution in [3.8, 4) is 23.0 Å². The number of hydrogen-bond acceptors (Lipinski definition) is 5. The number of nitrogens with one attached hydrogen (secondary N) is 1. The Bertz CT molecular complexity index is 1190. The zero-order valence-electron chi connectivity index (χ0n) is 18.4. The minimum Gasteiger partial charge on any atom is -0.508 e. The van der Waals surface area contributed by atoms with Crippen molar-refractivity contribution in [3.05, 3.63) is 80.2 Å². The van der Waals surface area contributed by atoms with Crippen LogP contribution >= 0.6 is 31.9 Å². The van der Waals surface area contributed by atoms with Crippen LogP contribution in [0.15, 0.2) is 63.5 Å². The zero-order valence-corrected chi connectivity index (χ0v) is 21.6. The number of amides is 1. The van der Waals surface area contributed by atoms with Crippen molar-refractivity contribution in [2.45, 2.75) is 32.2 Å². The average molecular weight is 593 g/mol. The lowest BCUT2D eigenvalue weighted by atomic mass is 10.0. The van der Waals surface area contributed by atoms with Crippen LogP contribution in [0.1, 0.15) is 41.3 Å². The Morgan fingerprint density at radius 1 is 0.971 bits per heavy atom. The summed E-state index contributed by atoms with van der Waals surface area (Å²) in [7, 11) is 0. The highest BCUT2D eigenvalue weighted by Gasteiger charge is 2.23. The van der Waals surface area contributed by atoms with E-state index in [4.69, 9.17) is 4.74 Å². The molecule has 1 amide bonds. The van der Waals surface area contributed by atoms with E-state index in [2.05, 4.69) is 37.2 Å². The first-order chi connectivity index (χ1) is 16.0. The topological polar surface area (TPSA) is 116 Å². The fourth-order valence-corrected chi connectivity index (χ4v) is 4.62. The third kappa shape index (κ3) is 6.30. The van der Waals surface area contributed by atoms with E-state index in [0.29, 0.717) is 26.0 Å². The zero-order chi connectivity index (χ0) is 25.0. The van der Waals surface area contributed by atoms with Gasteiger partial charge >= 0.3 is 5.97 Å². The molecular weight excluding hydrogens is 570 g/mol. The number of ether oxygens (including phenoxy) is 1. The Kier molecular flexibility index (Phi) is 8.22. The molecule has 178 valence electrons. The lowest BCUT2D eigenvalue weighted by Gasteiger charge is -2.17. The fourth-order valence-electron chi connectivity index (χ4n) is 3.27. The molecule has 0 heterocycles. The second-order valence-electron chi connectivity index (χ2n) is 7.98. The Hall–Kier alpha value is -3.04. The number of halogens is 2. The molecule has 0 fully saturated rings. The van der Waals surface area contributed by atoms with Gasteiger partial charge in [0, 0.05) is 17.5 Å². The summed E-state index contributed by atoms with van der Waals surface area (Å²) >= 11 is 6.83. The number of benzene rings is 3. The van der Waals surface area contributed by atoms with Gasteiger partial charge in [-0.2, -0.15) is 0 Å². The normalized spacial score (nSPS) is 11.8. The molecule has 3 aromatic rings. The van der Waals surface area contributed by atoms with Crippen LogP contribution in [0.5, 0.6) is 23.0 Å². The van der Waals surface area contributed by atoms with Gasteiger partial charge in [-0.3, -0.25) is 4.79 Å². The molecular formula is C25H23Br2NO6. The van der Waals surface area contributed by atoms with Crippen molar-refractivity contribution in [1.29, 1.82) is 0 Å². The highest BCUT2D eigenvalue weighted by atomic mass is 79.9. The molecule has 0 aliphatic heterocycles. The molecule has 0 radical (unpaired) electrons. The van der Waals surface area contributed by atoms with E-state index in [9.17, 15) is 24.9 Å². The Labute approximate surface area is 213 Å². The summed E-state index contributed by atoms with van der Waals surface area (Å²) in [6.45, 7) is 3.92. The number of carboxylic acids is 1. The third-order valence-corrected chi connectivity index (χ3v) is 6.26. The SMILES string of the molecule is CC(C)c1cc(Oc2c(Br)cc(C(=O)N[C@@H](Cc3ccc(O)cc3)C(=O)O)cc2Br)ccc1O. The summed E-state index contributed by atoms with van der Waals surface area (Å²) in [5, 5.41) is 31.5. The smallest absolute Gasteiger partial charge is 0.326 e. The van der Waals surface area contributed by atoms with Crippen LogP contribution < -0.4 is 10.1 Å². The number of carbonyl (C=O) groups excluding carboxylic acids is 1. The van der Waals surface area contributed by atoms with Gasteiger partial charge < -0.3 is 25.4 Å². The van der Waals surface area contributed by atoms with Crippen LogP contribution in [-0.2, 0) is 11.2 Å². The first-order valence-electron chi connectivity index (χ1n) is 10.4. The molecule has 0 aliphatic carbocycles. The number of hydrogen-bond donors (Lipinski definition) is 4. The molecule has 0 saturated carbocycles. The van der Waals surface area contributed by atoms with Crippen LogP contribution in [0.25, 0.3) is 0 Å². The number of carboxylic acid groups (broad SMARTS) is 1. The number of phenols is 2. The number of rotatable bonds is 8. The van der Waals surface area contributed by atoms with Crippen molar-refractivity contribution in [3.63, 3.8) is 0 Å². The predicted octanol–water partition coefficient (Wildman–Crippen LogP) is 5.96. The van der Waals surface area contributed by atoms with Crippen molar-refractivity contribution in [2.24, 2.45) is 0 Å². The van der Waals surface area contributed by atoms with E-state index >= 15 is 0 Å². The largest absolute Gasteiger partial charge is 0.508 e. The molecule has 0 saturated heterocycles. The summed E-state index contributed by atoms with van der Waals surface area (Å²) in [5.41, 5.74) is 1.64. The number of aliphatic carboxylic acids is 1. The molecule has 0 unspecified atom stereocenters. The summed E-state index contributed by atoms with van der Waals surface area (Å²) in [4.78, 5) is 24.5. The van der Waals surface area contributed by atoms with Crippen molar-refractivity contribution < 1.29 is 29.6 Å². The summed E-state index contributed by atoms with van der Waals surface area (Å²) in [6.07, 6.45) is 0.0594. The highest BCUT2D eigenvalue weighted by molar-refractivity contribution is 9.11. The molecule has 1 atom stereocenters. The van der Waals surface area contributed by atoms with Crippen LogP contribution in [0, 0.1) is 0 Å². The maximum absolute atomic E-state index is 12.8. The maximum atomic E-state index is 12.8. The molecule has 0 spiro atoms. The summed E-state index contributed by atoms with van der Waals surface area (Å²) in [5.74, 6) is -0.433. The maximum Gasteiger partial charge on any atom is 0.326 e. The van der Waals surface area contributed by atoms with Crippen LogP contribution in [0.2, 0.25) is 0 Å². The lowest BCUT2D eigenvalue weighted by Crippen LogP contribution is -2.42. The molecule has 0 aromatic heterocycles. The second-order valence-corrected chi connectivity index (χ2v) is 9.69. The van der Waals surface area contributed by atoms with Crippen molar-refractivity contribution >= 4 is 43.7 Å². The molecule has 7 nitrogen and oxygen atoms in total. The third-order valence-electron chi connectivity index (χ3n) is 5.08. The van der Waals surface area contributed by atoms with E-state index in [0.717, 1.165) is 5.56 Å². The van der Waals surface area contributed by atoms with E-state index in [1.54, 1.807) is 42.5 Å². The Morgan fingerprint density at radius 2 is 1.59 bits per heavy atom. The van der Waals surface area contributed by atoms with Crippen molar-refractivity contribution in [1.82, 2.24) is 5.32 Å². The quantitative estimate of drug-likeness (QED) is 0.256. The first kappa shape index (κ1) is 25.6. The van der Waals surface area contributed by atoms with E-state index in [-0.39, 0.29) is 29.4 Å². The lowest BCUT2D eigenvalue weighted by molar-refractivity contribution is -0.139. The highest BCUT2D eigenvalue weighted by Crippen LogP contribution is 2.39. The summed E-state index contributed by atoms with van der Waals surface area (Å²) in [6, 6.07) is 13.0. The van der Waals surface area contributed by atoms with Gasteiger partial charge in [-0.25, -0.2) is 4.79 Å². The monoisotopic (exact) mass is 591 g/mol. The molecule has 0 aliphatic rings. The first-order valence-corrected chi connectivity index (χ1v) is 11.9. The standard InChI is InChI=1S/C25H23Br2NO6/c1-13(2)18-12-17(7-8-22(18)30)34-23-19(26)10-15(11-20(23)27)24(31)28-21(25(32)33)9-14-3-5-16(29)6-4-14/h3-8,10-13,21,29-30H,9H2,1-2H3,(H,28,31)(H,32,33)/t21-/m0/s1. The minimum atomic E-state index is -1.17. The van der Waals surface area contributed by atoms with E-state index in [1.807, 2.05) is 13.8 Å². The molecule has 3 aromatic carbocycles. The molecule has 4 N–H and O–H groups in total. The second kappa shape index (κ2) is 10.9. The average Bonchev–Trinajstić information content (AvgIpc) is 2.77. The number of carbonyl (C=O) groups is 2. The Morgan fingerprint density at radius 3 is 2.15 bits per heavy atom. The Balaban J connectivity index is 1.79. The van der Waals surface area contributed by atoms with Gasteiger partial charge in [0.1, 0.15) is 23.3 Å². The van der Waals surface area contributed by atoms with Gasteiger partial charge in [0.05, 0.1) is 8.95 Å². The summed E-state index contributed by atoms with van der Waals surface area (Å²) < 4.78 is 6.94. The molecule has 34 heavy (non-hydrogen) atoms. The van der Waals surface area contributed by atoms with Gasteiger partial charge in [0.2, 0.25) is 0 Å². The van der Waals surface area contributed by atoms with Gasteiger partial charge in [-0.15, -0.1) is 0 Å². The molecule has 9 heteroatoms. The number of aromatic hydroxyl groups is 2. The molecule has 3 rings (SSSR count). The molecule has 0 bridgehead atoms. The van der Waals surface area contributed by atoms with Crippen LogP contribution in [0.4, 0.5) is 0 Å². The van der Waals surface area contributed by atoms with Crippen LogP contribution in [0.3, 0.4) is 0 Å². The van der Waals surface area contributed by atoms with Crippen LogP contribution in [-0.4, -0.2) is 33.2 Å². The van der Waals surface area contributed by atoms with Gasteiger partial charge in [-0.05, 0) is 85.8 Å². The van der Waals surface area contributed by atoms with Gasteiger partial charge in [0.25, 0.3) is 5.91 Å². The number of phenolic OH excluding ortho intramolecular Hbond substituents is 2. The fraction of sp³-hybridized carbons (Fsp3) is 0.200. The van der Waals surface area contributed by atoms with Gasteiger partial charge in [0.15, 0.2) is 5.75 Å².